The summed E-state index contributed by atoms with van der Waals surface area (Å²) in [6, 6.07) is 8.88. The number of nitrogens with zero attached hydrogens (tertiary/aromatic N) is 1. The van der Waals surface area contributed by atoms with E-state index in [0.29, 0.717) is 18.5 Å². The predicted molar refractivity (Wildman–Crippen MR) is 107 cm³/mol. The Hall–Kier alpha value is -1.55. The number of aryl methyl sites for hydroxylation is 1. The van der Waals surface area contributed by atoms with Crippen molar-refractivity contribution in [3.8, 4) is 5.75 Å². The maximum absolute atomic E-state index is 12.5. The standard InChI is InChI=1S/C22H36N2O2/c1-3-4-5-6-17-26-21-14-7-18(8-15-21)9-16-22(25)24(2)20-12-10-19(23)11-13-20/h7-8,14-15,19-20H,3-6,9-13,16-17,23H2,1-2H3/t19-,20+. The lowest BCUT2D eigenvalue weighted by Gasteiger charge is -2.33. The lowest BCUT2D eigenvalue weighted by Crippen LogP contribution is -2.41. The van der Waals surface area contributed by atoms with E-state index in [0.717, 1.165) is 50.9 Å². The number of amides is 1. The van der Waals surface area contributed by atoms with Gasteiger partial charge in [0.25, 0.3) is 0 Å². The van der Waals surface area contributed by atoms with Gasteiger partial charge in [-0.05, 0) is 56.2 Å². The van der Waals surface area contributed by atoms with E-state index in [9.17, 15) is 4.79 Å². The molecule has 2 N–H and O–H groups in total. The maximum atomic E-state index is 12.5. The Morgan fingerprint density at radius 3 is 2.46 bits per heavy atom. The van der Waals surface area contributed by atoms with Gasteiger partial charge in [0.2, 0.25) is 5.91 Å². The van der Waals surface area contributed by atoms with Gasteiger partial charge in [-0.2, -0.15) is 0 Å². The predicted octanol–water partition coefficient (Wildman–Crippen LogP) is 4.31. The molecule has 0 aliphatic heterocycles. The van der Waals surface area contributed by atoms with Gasteiger partial charge >= 0.3 is 0 Å². The van der Waals surface area contributed by atoms with Crippen LogP contribution in [-0.2, 0) is 11.2 Å². The Kier molecular flexibility index (Phi) is 8.96. The number of rotatable bonds is 10. The van der Waals surface area contributed by atoms with Crippen molar-refractivity contribution in [2.24, 2.45) is 5.73 Å². The van der Waals surface area contributed by atoms with Crippen molar-refractivity contribution in [1.29, 1.82) is 0 Å². The number of carbonyl (C=O) groups is 1. The molecule has 26 heavy (non-hydrogen) atoms. The first-order chi connectivity index (χ1) is 12.6. The summed E-state index contributed by atoms with van der Waals surface area (Å²) in [6.45, 7) is 3.00. The molecule has 0 unspecified atom stereocenters. The van der Waals surface area contributed by atoms with Crippen LogP contribution in [0.25, 0.3) is 0 Å². The van der Waals surface area contributed by atoms with Crippen molar-refractivity contribution in [3.63, 3.8) is 0 Å². The second-order valence-electron chi connectivity index (χ2n) is 7.63. The first-order valence-electron chi connectivity index (χ1n) is 10.3. The molecule has 1 fully saturated rings. The molecule has 1 aliphatic rings. The summed E-state index contributed by atoms with van der Waals surface area (Å²) < 4.78 is 5.77. The highest BCUT2D eigenvalue weighted by atomic mass is 16.5. The van der Waals surface area contributed by atoms with Crippen molar-refractivity contribution in [1.82, 2.24) is 4.90 Å². The number of ether oxygens (including phenoxy) is 1. The van der Waals surface area contributed by atoms with Gasteiger partial charge in [0.1, 0.15) is 5.75 Å². The van der Waals surface area contributed by atoms with Crippen LogP contribution in [0.1, 0.15) is 70.3 Å². The Balaban J connectivity index is 1.69. The van der Waals surface area contributed by atoms with Crippen LogP contribution in [-0.4, -0.2) is 36.5 Å². The minimum atomic E-state index is 0.238. The zero-order valence-corrected chi connectivity index (χ0v) is 16.6. The summed E-state index contributed by atoms with van der Waals surface area (Å²) in [4.78, 5) is 14.4. The van der Waals surface area contributed by atoms with Gasteiger partial charge in [-0.1, -0.05) is 38.3 Å². The first-order valence-corrected chi connectivity index (χ1v) is 10.3. The van der Waals surface area contributed by atoms with Crippen LogP contribution in [0.3, 0.4) is 0 Å². The molecule has 4 nitrogen and oxygen atoms in total. The Morgan fingerprint density at radius 1 is 1.12 bits per heavy atom. The molecule has 1 aromatic carbocycles. The van der Waals surface area contributed by atoms with Crippen LogP contribution in [0.15, 0.2) is 24.3 Å². The topological polar surface area (TPSA) is 55.6 Å². The van der Waals surface area contributed by atoms with Gasteiger partial charge in [0, 0.05) is 25.6 Å². The quantitative estimate of drug-likeness (QED) is 0.633. The van der Waals surface area contributed by atoms with Crippen LogP contribution < -0.4 is 10.5 Å². The molecule has 0 atom stereocenters. The minimum Gasteiger partial charge on any atom is -0.494 e. The van der Waals surface area contributed by atoms with E-state index in [4.69, 9.17) is 10.5 Å². The van der Waals surface area contributed by atoms with E-state index in [1.54, 1.807) is 0 Å². The monoisotopic (exact) mass is 360 g/mol. The molecule has 1 saturated carbocycles. The molecule has 2 rings (SSSR count). The highest BCUT2D eigenvalue weighted by Crippen LogP contribution is 2.22. The second kappa shape index (κ2) is 11.2. The zero-order valence-electron chi connectivity index (χ0n) is 16.6. The number of unbranched alkanes of at least 4 members (excludes halogenated alkanes) is 3. The molecule has 0 heterocycles. The molecule has 1 amide bonds. The summed E-state index contributed by atoms with van der Waals surface area (Å²) in [5, 5.41) is 0. The molecule has 0 radical (unpaired) electrons. The average Bonchev–Trinajstić information content (AvgIpc) is 2.67. The largest absolute Gasteiger partial charge is 0.494 e. The van der Waals surface area contributed by atoms with Crippen molar-refractivity contribution in [3.05, 3.63) is 29.8 Å². The minimum absolute atomic E-state index is 0.238. The normalized spacial score (nSPS) is 20.0. The van der Waals surface area contributed by atoms with E-state index in [1.807, 2.05) is 24.1 Å². The lowest BCUT2D eigenvalue weighted by atomic mass is 9.91. The fourth-order valence-electron chi connectivity index (χ4n) is 3.59. The van der Waals surface area contributed by atoms with E-state index in [-0.39, 0.29) is 5.91 Å². The fourth-order valence-corrected chi connectivity index (χ4v) is 3.59. The van der Waals surface area contributed by atoms with Crippen LogP contribution in [0, 0.1) is 0 Å². The average molecular weight is 361 g/mol. The van der Waals surface area contributed by atoms with E-state index in [1.165, 1.54) is 24.8 Å². The van der Waals surface area contributed by atoms with Crippen LogP contribution in [0.4, 0.5) is 0 Å². The van der Waals surface area contributed by atoms with Crippen molar-refractivity contribution in [2.45, 2.75) is 83.2 Å². The molecule has 1 aliphatic carbocycles. The molecule has 1 aromatic rings. The van der Waals surface area contributed by atoms with Crippen LogP contribution >= 0.6 is 0 Å². The highest BCUT2D eigenvalue weighted by molar-refractivity contribution is 5.76. The third kappa shape index (κ3) is 6.99. The van der Waals surface area contributed by atoms with E-state index in [2.05, 4.69) is 19.1 Å². The second-order valence-corrected chi connectivity index (χ2v) is 7.63. The molecular formula is C22H36N2O2. The maximum Gasteiger partial charge on any atom is 0.222 e. The zero-order chi connectivity index (χ0) is 18.8. The van der Waals surface area contributed by atoms with Crippen molar-refractivity contribution in [2.75, 3.05) is 13.7 Å². The fraction of sp³-hybridized carbons (Fsp3) is 0.682. The molecule has 0 saturated heterocycles. The smallest absolute Gasteiger partial charge is 0.222 e. The van der Waals surface area contributed by atoms with Gasteiger partial charge in [-0.25, -0.2) is 0 Å². The first kappa shape index (κ1) is 20.8. The Labute approximate surface area is 159 Å². The summed E-state index contributed by atoms with van der Waals surface area (Å²) in [6.07, 6.45) is 10.4. The van der Waals surface area contributed by atoms with E-state index >= 15 is 0 Å². The van der Waals surface area contributed by atoms with Gasteiger partial charge < -0.3 is 15.4 Å². The van der Waals surface area contributed by atoms with Gasteiger partial charge in [0.15, 0.2) is 0 Å². The molecule has 4 heteroatoms. The van der Waals surface area contributed by atoms with Gasteiger partial charge in [-0.15, -0.1) is 0 Å². The summed E-state index contributed by atoms with van der Waals surface area (Å²) in [7, 11) is 1.94. The van der Waals surface area contributed by atoms with Crippen molar-refractivity contribution >= 4 is 5.91 Å². The summed E-state index contributed by atoms with van der Waals surface area (Å²) in [5.41, 5.74) is 7.15. The number of hydrogen-bond acceptors (Lipinski definition) is 3. The molecule has 146 valence electrons. The summed E-state index contributed by atoms with van der Waals surface area (Å²) in [5.74, 6) is 1.16. The lowest BCUT2D eigenvalue weighted by molar-refractivity contribution is -0.132. The van der Waals surface area contributed by atoms with Crippen LogP contribution in [0.2, 0.25) is 0 Å². The van der Waals surface area contributed by atoms with Crippen LogP contribution in [0.5, 0.6) is 5.75 Å². The SMILES string of the molecule is CCCCCCOc1ccc(CCC(=O)N(C)[C@H]2CC[C@@H](N)CC2)cc1. The number of benzene rings is 1. The molecule has 0 aromatic heterocycles. The van der Waals surface area contributed by atoms with Gasteiger partial charge in [0.05, 0.1) is 6.61 Å². The van der Waals surface area contributed by atoms with Gasteiger partial charge in [-0.3, -0.25) is 4.79 Å². The Bertz CT molecular complexity index is 521. The number of hydrogen-bond donors (Lipinski definition) is 1. The highest BCUT2D eigenvalue weighted by Gasteiger charge is 2.24. The third-order valence-electron chi connectivity index (χ3n) is 5.50. The third-order valence-corrected chi connectivity index (χ3v) is 5.50. The number of carbonyl (C=O) groups excluding carboxylic acids is 1. The molecule has 0 bridgehead atoms. The summed E-state index contributed by atoms with van der Waals surface area (Å²) >= 11 is 0. The molecular weight excluding hydrogens is 324 g/mol. The Morgan fingerprint density at radius 2 is 1.81 bits per heavy atom. The number of nitrogens with two attached hydrogens (primary N) is 1. The van der Waals surface area contributed by atoms with Crippen molar-refractivity contribution < 1.29 is 9.53 Å². The molecule has 0 spiro atoms. The van der Waals surface area contributed by atoms with E-state index < -0.39 is 0 Å².